The molecule has 0 atom stereocenters. The summed E-state index contributed by atoms with van der Waals surface area (Å²) in [5, 5.41) is 25.4. The van der Waals surface area contributed by atoms with Gasteiger partial charge in [0.1, 0.15) is 16.1 Å². The number of rotatable bonds is 3. The number of aryl methyl sites for hydroxylation is 1. The molecular formula is C13H11N3O3S2. The molecule has 2 aromatic heterocycles. The summed E-state index contributed by atoms with van der Waals surface area (Å²) in [6, 6.07) is 2.90. The van der Waals surface area contributed by atoms with Crippen LogP contribution in [-0.4, -0.2) is 17.1 Å². The zero-order valence-corrected chi connectivity index (χ0v) is 12.8. The number of nitriles is 1. The Kier molecular flexibility index (Phi) is 4.26. The molecule has 0 saturated carbocycles. The van der Waals surface area contributed by atoms with Gasteiger partial charge in [0.05, 0.1) is 11.1 Å². The quantitative estimate of drug-likeness (QED) is 0.803. The summed E-state index contributed by atoms with van der Waals surface area (Å²) in [4.78, 5) is 23.8. The van der Waals surface area contributed by atoms with Crippen molar-refractivity contribution >= 4 is 44.7 Å². The van der Waals surface area contributed by atoms with Gasteiger partial charge in [0.2, 0.25) is 0 Å². The molecule has 0 fully saturated rings. The molecule has 0 bridgehead atoms. The van der Waals surface area contributed by atoms with Crippen LogP contribution in [-0.2, 0) is 0 Å². The number of thiophene rings is 2. The fraction of sp³-hybridized carbons (Fsp3) is 0.154. The molecular weight excluding hydrogens is 310 g/mol. The van der Waals surface area contributed by atoms with Gasteiger partial charge >= 0.3 is 12.0 Å². The van der Waals surface area contributed by atoms with Crippen molar-refractivity contribution in [2.75, 3.05) is 10.6 Å². The van der Waals surface area contributed by atoms with Crippen LogP contribution in [0, 0.1) is 25.2 Å². The van der Waals surface area contributed by atoms with Crippen LogP contribution in [0.25, 0.3) is 0 Å². The Bertz CT molecular complexity index is 755. The molecule has 2 heterocycles. The van der Waals surface area contributed by atoms with Crippen LogP contribution in [0.2, 0.25) is 0 Å². The number of carbonyl (C=O) groups is 2. The second-order valence-corrected chi connectivity index (χ2v) is 6.29. The monoisotopic (exact) mass is 321 g/mol. The second kappa shape index (κ2) is 5.95. The third-order valence-corrected chi connectivity index (χ3v) is 4.80. The molecule has 0 aromatic carbocycles. The third kappa shape index (κ3) is 3.04. The molecule has 0 spiro atoms. The molecule has 2 rings (SSSR count). The van der Waals surface area contributed by atoms with Crippen LogP contribution < -0.4 is 10.6 Å². The molecule has 21 heavy (non-hydrogen) atoms. The van der Waals surface area contributed by atoms with Crippen molar-refractivity contribution in [3.8, 4) is 6.07 Å². The number of urea groups is 1. The molecule has 108 valence electrons. The van der Waals surface area contributed by atoms with Crippen molar-refractivity contribution in [3.05, 3.63) is 33.0 Å². The summed E-state index contributed by atoms with van der Waals surface area (Å²) in [5.41, 5.74) is 1.30. The highest BCUT2D eigenvalue weighted by molar-refractivity contribution is 7.16. The van der Waals surface area contributed by atoms with Crippen LogP contribution in [0.5, 0.6) is 0 Å². The highest BCUT2D eigenvalue weighted by Crippen LogP contribution is 2.32. The molecule has 0 saturated heterocycles. The van der Waals surface area contributed by atoms with E-state index >= 15 is 0 Å². The number of hydrogen-bond donors (Lipinski definition) is 3. The maximum absolute atomic E-state index is 11.9. The number of amides is 2. The average Bonchev–Trinajstić information content (AvgIpc) is 2.96. The third-order valence-electron chi connectivity index (χ3n) is 2.85. The van der Waals surface area contributed by atoms with E-state index < -0.39 is 12.0 Å². The van der Waals surface area contributed by atoms with Gasteiger partial charge in [0, 0.05) is 4.88 Å². The fourth-order valence-electron chi connectivity index (χ4n) is 1.66. The summed E-state index contributed by atoms with van der Waals surface area (Å²) < 4.78 is 0. The smallest absolute Gasteiger partial charge is 0.338 e. The van der Waals surface area contributed by atoms with Crippen molar-refractivity contribution in [1.29, 1.82) is 5.26 Å². The Morgan fingerprint density at radius 1 is 1.29 bits per heavy atom. The van der Waals surface area contributed by atoms with Crippen molar-refractivity contribution in [2.24, 2.45) is 0 Å². The summed E-state index contributed by atoms with van der Waals surface area (Å²) in [6.07, 6.45) is 0. The van der Waals surface area contributed by atoms with Crippen molar-refractivity contribution < 1.29 is 14.7 Å². The number of nitrogens with one attached hydrogen (secondary N) is 2. The van der Waals surface area contributed by atoms with E-state index in [9.17, 15) is 9.59 Å². The maximum Gasteiger partial charge on any atom is 0.338 e. The van der Waals surface area contributed by atoms with E-state index in [1.807, 2.05) is 13.8 Å². The molecule has 8 heteroatoms. The van der Waals surface area contributed by atoms with Crippen molar-refractivity contribution in [3.63, 3.8) is 0 Å². The Balaban J connectivity index is 2.16. The standard InChI is InChI=1S/C13H11N3O3S2/c1-6-7(2)21-11(9(6)5-14)16-13(19)15-10-8(12(17)18)3-4-20-10/h3-4H,1-2H3,(H,17,18)(H2,15,16,19). The van der Waals surface area contributed by atoms with Gasteiger partial charge in [0.15, 0.2) is 0 Å². The summed E-state index contributed by atoms with van der Waals surface area (Å²) >= 11 is 2.43. The molecule has 2 aromatic rings. The zero-order valence-electron chi connectivity index (χ0n) is 11.2. The first-order chi connectivity index (χ1) is 9.93. The van der Waals surface area contributed by atoms with E-state index in [-0.39, 0.29) is 10.6 Å². The summed E-state index contributed by atoms with van der Waals surface area (Å²) in [5.74, 6) is -1.10. The van der Waals surface area contributed by atoms with Crippen LogP contribution >= 0.6 is 22.7 Å². The second-order valence-electron chi connectivity index (χ2n) is 4.15. The molecule has 6 nitrogen and oxygen atoms in total. The van der Waals surface area contributed by atoms with E-state index in [2.05, 4.69) is 16.7 Å². The van der Waals surface area contributed by atoms with Gasteiger partial charge in [-0.1, -0.05) is 0 Å². The number of carboxylic acids is 1. The number of anilines is 2. The molecule has 0 aliphatic carbocycles. The predicted octanol–water partition coefficient (Wildman–Crippen LogP) is 3.64. The minimum atomic E-state index is -1.10. The van der Waals surface area contributed by atoms with E-state index in [4.69, 9.17) is 10.4 Å². The zero-order chi connectivity index (χ0) is 15.6. The first-order valence-electron chi connectivity index (χ1n) is 5.83. The first-order valence-corrected chi connectivity index (χ1v) is 7.52. The van der Waals surface area contributed by atoms with Gasteiger partial charge in [-0.25, -0.2) is 9.59 Å². The SMILES string of the molecule is Cc1sc(NC(=O)Nc2sccc2C(=O)O)c(C#N)c1C. The fourth-order valence-corrected chi connectivity index (χ4v) is 3.44. The molecule has 0 aliphatic heterocycles. The van der Waals surface area contributed by atoms with Gasteiger partial charge in [-0.2, -0.15) is 5.26 Å². The van der Waals surface area contributed by atoms with Gasteiger partial charge < -0.3 is 5.11 Å². The Hall–Kier alpha value is -2.37. The van der Waals surface area contributed by atoms with Gasteiger partial charge in [-0.05, 0) is 30.9 Å². The van der Waals surface area contributed by atoms with E-state index in [0.29, 0.717) is 10.6 Å². The number of hydrogen-bond acceptors (Lipinski definition) is 5. The largest absolute Gasteiger partial charge is 0.478 e. The molecule has 2 amide bonds. The Labute approximate surface area is 128 Å². The molecule has 0 aliphatic rings. The minimum Gasteiger partial charge on any atom is -0.478 e. The number of aromatic carboxylic acids is 1. The minimum absolute atomic E-state index is 0.0363. The Morgan fingerprint density at radius 2 is 1.95 bits per heavy atom. The predicted molar refractivity (Wildman–Crippen MR) is 82.4 cm³/mol. The Morgan fingerprint density at radius 3 is 2.57 bits per heavy atom. The lowest BCUT2D eigenvalue weighted by Crippen LogP contribution is -2.19. The number of nitrogens with zero attached hydrogens (tertiary/aromatic N) is 1. The lowest BCUT2D eigenvalue weighted by atomic mass is 10.2. The number of carboxylic acid groups (broad SMARTS) is 1. The topological polar surface area (TPSA) is 102 Å². The van der Waals surface area contributed by atoms with E-state index in [0.717, 1.165) is 21.8 Å². The average molecular weight is 321 g/mol. The molecule has 3 N–H and O–H groups in total. The lowest BCUT2D eigenvalue weighted by molar-refractivity contribution is 0.0698. The van der Waals surface area contributed by atoms with E-state index in [1.165, 1.54) is 17.4 Å². The lowest BCUT2D eigenvalue weighted by Gasteiger charge is -2.05. The van der Waals surface area contributed by atoms with Crippen molar-refractivity contribution in [2.45, 2.75) is 13.8 Å². The van der Waals surface area contributed by atoms with Crippen molar-refractivity contribution in [1.82, 2.24) is 0 Å². The maximum atomic E-state index is 11.9. The molecule has 0 unspecified atom stereocenters. The van der Waals surface area contributed by atoms with E-state index in [1.54, 1.807) is 5.38 Å². The summed E-state index contributed by atoms with van der Waals surface area (Å²) in [7, 11) is 0. The summed E-state index contributed by atoms with van der Waals surface area (Å²) in [6.45, 7) is 3.68. The van der Waals surface area contributed by atoms with Gasteiger partial charge in [-0.15, -0.1) is 22.7 Å². The normalized spacial score (nSPS) is 9.95. The first kappa shape index (κ1) is 15.0. The van der Waals surface area contributed by atoms with Gasteiger partial charge in [0.25, 0.3) is 0 Å². The van der Waals surface area contributed by atoms with Crippen LogP contribution in [0.1, 0.15) is 26.4 Å². The van der Waals surface area contributed by atoms with Crippen LogP contribution in [0.15, 0.2) is 11.4 Å². The highest BCUT2D eigenvalue weighted by Gasteiger charge is 2.17. The number of carbonyl (C=O) groups excluding carboxylic acids is 1. The van der Waals surface area contributed by atoms with Crippen LogP contribution in [0.3, 0.4) is 0 Å². The van der Waals surface area contributed by atoms with Gasteiger partial charge in [-0.3, -0.25) is 10.6 Å². The van der Waals surface area contributed by atoms with Crippen LogP contribution in [0.4, 0.5) is 14.8 Å². The molecule has 0 radical (unpaired) electrons. The highest BCUT2D eigenvalue weighted by atomic mass is 32.1.